The SMILES string of the molecule is CNC(=O)c1ccc2nccc(Oc3c(C)cc(CC(=O)Nc4cnn(C(C)(C)C)c4)cc3C)c2c1. The molecular weight excluding hydrogens is 454 g/mol. The first kappa shape index (κ1) is 24.9. The van der Waals surface area contributed by atoms with Gasteiger partial charge in [-0.25, -0.2) is 0 Å². The number of hydrogen-bond acceptors (Lipinski definition) is 5. The van der Waals surface area contributed by atoms with Gasteiger partial charge in [-0.3, -0.25) is 19.3 Å². The Labute approximate surface area is 210 Å². The van der Waals surface area contributed by atoms with E-state index < -0.39 is 0 Å². The van der Waals surface area contributed by atoms with Crippen molar-refractivity contribution in [3.8, 4) is 11.5 Å². The van der Waals surface area contributed by atoms with Crippen LogP contribution in [0.25, 0.3) is 10.9 Å². The second kappa shape index (κ2) is 9.81. The predicted octanol–water partition coefficient (Wildman–Crippen LogP) is 5.14. The van der Waals surface area contributed by atoms with Gasteiger partial charge in [0.15, 0.2) is 0 Å². The summed E-state index contributed by atoms with van der Waals surface area (Å²) >= 11 is 0. The highest BCUT2D eigenvalue weighted by atomic mass is 16.5. The van der Waals surface area contributed by atoms with Gasteiger partial charge in [0, 0.05) is 30.4 Å². The lowest BCUT2D eigenvalue weighted by molar-refractivity contribution is -0.115. The lowest BCUT2D eigenvalue weighted by Gasteiger charge is -2.18. The third-order valence-electron chi connectivity index (χ3n) is 5.84. The Morgan fingerprint density at radius 2 is 1.78 bits per heavy atom. The molecule has 2 aromatic heterocycles. The Balaban J connectivity index is 1.54. The molecule has 2 aromatic carbocycles. The molecule has 0 saturated carbocycles. The molecule has 0 aliphatic carbocycles. The third kappa shape index (κ3) is 5.38. The second-order valence-electron chi connectivity index (χ2n) is 9.85. The van der Waals surface area contributed by atoms with Gasteiger partial charge in [0.25, 0.3) is 5.91 Å². The van der Waals surface area contributed by atoms with Gasteiger partial charge in [0.05, 0.1) is 29.4 Å². The maximum absolute atomic E-state index is 12.7. The molecule has 0 aliphatic rings. The smallest absolute Gasteiger partial charge is 0.251 e. The number of carbonyl (C=O) groups excluding carboxylic acids is 2. The summed E-state index contributed by atoms with van der Waals surface area (Å²) in [6.07, 6.45) is 5.41. The standard InChI is InChI=1S/C28H31N5O3/c1-17-11-19(13-25(34)32-21-15-31-33(16-21)28(3,4)5)12-18(2)26(17)36-24-9-10-30-23-8-7-20(14-22(23)24)27(35)29-6/h7-12,14-16H,13H2,1-6H3,(H,29,35)(H,32,34). The summed E-state index contributed by atoms with van der Waals surface area (Å²) in [4.78, 5) is 29.2. The number of pyridine rings is 1. The van der Waals surface area contributed by atoms with Crippen LogP contribution in [0, 0.1) is 13.8 Å². The van der Waals surface area contributed by atoms with E-state index in [1.807, 2.05) is 36.9 Å². The minimum absolute atomic E-state index is 0.113. The van der Waals surface area contributed by atoms with Crippen LogP contribution in [0.3, 0.4) is 0 Å². The number of hydrogen-bond donors (Lipinski definition) is 2. The first-order valence-electron chi connectivity index (χ1n) is 11.8. The Morgan fingerprint density at radius 3 is 2.42 bits per heavy atom. The van der Waals surface area contributed by atoms with Crippen molar-refractivity contribution in [1.29, 1.82) is 0 Å². The van der Waals surface area contributed by atoms with Gasteiger partial charge in [0.1, 0.15) is 11.5 Å². The zero-order valence-electron chi connectivity index (χ0n) is 21.5. The minimum Gasteiger partial charge on any atom is -0.456 e. The number of rotatable bonds is 6. The summed E-state index contributed by atoms with van der Waals surface area (Å²) < 4.78 is 8.15. The van der Waals surface area contributed by atoms with Gasteiger partial charge in [-0.15, -0.1) is 0 Å². The summed E-state index contributed by atoms with van der Waals surface area (Å²) in [6.45, 7) is 10.1. The second-order valence-corrected chi connectivity index (χ2v) is 9.85. The van der Waals surface area contributed by atoms with Crippen LogP contribution in [0.4, 0.5) is 5.69 Å². The molecule has 0 aliphatic heterocycles. The van der Waals surface area contributed by atoms with Gasteiger partial charge >= 0.3 is 0 Å². The van der Waals surface area contributed by atoms with Crippen LogP contribution in [0.2, 0.25) is 0 Å². The Hall–Kier alpha value is -4.20. The highest BCUT2D eigenvalue weighted by molar-refractivity contribution is 5.99. The van der Waals surface area contributed by atoms with E-state index in [1.54, 1.807) is 43.7 Å². The molecule has 0 radical (unpaired) electrons. The van der Waals surface area contributed by atoms with Gasteiger partial charge in [-0.1, -0.05) is 12.1 Å². The van der Waals surface area contributed by atoms with E-state index in [1.165, 1.54) is 0 Å². The summed E-state index contributed by atoms with van der Waals surface area (Å²) in [5.41, 5.74) is 4.49. The fourth-order valence-electron chi connectivity index (χ4n) is 4.05. The van der Waals surface area contributed by atoms with Crippen LogP contribution in [-0.2, 0) is 16.8 Å². The van der Waals surface area contributed by atoms with Crippen molar-refractivity contribution in [2.75, 3.05) is 12.4 Å². The summed E-state index contributed by atoms with van der Waals surface area (Å²) in [6, 6.07) is 11.0. The van der Waals surface area contributed by atoms with E-state index >= 15 is 0 Å². The number of fused-ring (bicyclic) bond motifs is 1. The summed E-state index contributed by atoms with van der Waals surface area (Å²) in [5, 5.41) is 10.6. The normalized spacial score (nSPS) is 11.4. The van der Waals surface area contributed by atoms with Crippen molar-refractivity contribution in [3.05, 3.63) is 77.2 Å². The number of anilines is 1. The number of benzene rings is 2. The molecule has 0 fully saturated rings. The zero-order valence-corrected chi connectivity index (χ0v) is 21.5. The molecule has 2 amide bonds. The average Bonchev–Trinajstić information content (AvgIpc) is 3.29. The summed E-state index contributed by atoms with van der Waals surface area (Å²) in [5.74, 6) is 1.03. The molecule has 0 bridgehead atoms. The first-order valence-corrected chi connectivity index (χ1v) is 11.8. The first-order chi connectivity index (χ1) is 17.0. The van der Waals surface area contributed by atoms with Crippen LogP contribution in [0.15, 0.2) is 55.0 Å². The topological polar surface area (TPSA) is 98.1 Å². The van der Waals surface area contributed by atoms with Crippen LogP contribution >= 0.6 is 0 Å². The molecule has 36 heavy (non-hydrogen) atoms. The van der Waals surface area contributed by atoms with Crippen LogP contribution < -0.4 is 15.4 Å². The van der Waals surface area contributed by atoms with Crippen molar-refractivity contribution in [2.45, 2.75) is 46.6 Å². The molecule has 0 spiro atoms. The minimum atomic E-state index is -0.174. The molecule has 0 unspecified atom stereocenters. The van der Waals surface area contributed by atoms with Crippen LogP contribution in [0.1, 0.15) is 47.8 Å². The maximum atomic E-state index is 12.7. The Morgan fingerprint density at radius 1 is 1.06 bits per heavy atom. The van der Waals surface area contributed by atoms with Gasteiger partial charge in [0.2, 0.25) is 5.91 Å². The number of nitrogens with zero attached hydrogens (tertiary/aromatic N) is 3. The molecule has 8 heteroatoms. The van der Waals surface area contributed by atoms with Crippen molar-refractivity contribution in [2.24, 2.45) is 0 Å². The van der Waals surface area contributed by atoms with Gasteiger partial charge < -0.3 is 15.4 Å². The molecule has 0 saturated heterocycles. The summed E-state index contributed by atoms with van der Waals surface area (Å²) in [7, 11) is 1.60. The number of carbonyl (C=O) groups is 2. The van der Waals surface area contributed by atoms with Crippen LogP contribution in [0.5, 0.6) is 11.5 Å². The monoisotopic (exact) mass is 485 g/mol. The van der Waals surface area contributed by atoms with E-state index in [0.29, 0.717) is 22.7 Å². The number of aromatic nitrogens is 3. The largest absolute Gasteiger partial charge is 0.456 e. The highest BCUT2D eigenvalue weighted by Crippen LogP contribution is 2.34. The fraction of sp³-hybridized carbons (Fsp3) is 0.286. The van der Waals surface area contributed by atoms with E-state index in [0.717, 1.165) is 27.6 Å². The molecule has 8 nitrogen and oxygen atoms in total. The number of aryl methyl sites for hydroxylation is 2. The van der Waals surface area contributed by atoms with Crippen molar-refractivity contribution < 1.29 is 14.3 Å². The highest BCUT2D eigenvalue weighted by Gasteiger charge is 2.16. The Kier molecular flexibility index (Phi) is 6.79. The molecule has 2 N–H and O–H groups in total. The van der Waals surface area contributed by atoms with Crippen molar-refractivity contribution in [1.82, 2.24) is 20.1 Å². The van der Waals surface area contributed by atoms with E-state index in [2.05, 4.69) is 41.5 Å². The average molecular weight is 486 g/mol. The van der Waals surface area contributed by atoms with Crippen LogP contribution in [-0.4, -0.2) is 33.6 Å². The molecule has 4 rings (SSSR count). The number of nitrogens with one attached hydrogen (secondary N) is 2. The fourth-order valence-corrected chi connectivity index (χ4v) is 4.05. The molecule has 0 atom stereocenters. The lowest BCUT2D eigenvalue weighted by atomic mass is 10.0. The molecule has 186 valence electrons. The molecular formula is C28H31N5O3. The number of ether oxygens (including phenoxy) is 1. The Bertz CT molecular complexity index is 1430. The van der Waals surface area contributed by atoms with Crippen molar-refractivity contribution >= 4 is 28.4 Å². The van der Waals surface area contributed by atoms with E-state index in [9.17, 15) is 9.59 Å². The van der Waals surface area contributed by atoms with E-state index in [-0.39, 0.29) is 23.8 Å². The molecule has 2 heterocycles. The third-order valence-corrected chi connectivity index (χ3v) is 5.84. The van der Waals surface area contributed by atoms with Gasteiger partial charge in [-0.05, 0) is 75.6 Å². The molecule has 4 aromatic rings. The zero-order chi connectivity index (χ0) is 26.0. The van der Waals surface area contributed by atoms with E-state index in [4.69, 9.17) is 4.74 Å². The quantitative estimate of drug-likeness (QED) is 0.394. The lowest BCUT2D eigenvalue weighted by Crippen LogP contribution is -2.22. The number of amides is 2. The maximum Gasteiger partial charge on any atom is 0.251 e. The predicted molar refractivity (Wildman–Crippen MR) is 141 cm³/mol. The van der Waals surface area contributed by atoms with Gasteiger partial charge in [-0.2, -0.15) is 5.10 Å². The van der Waals surface area contributed by atoms with Crippen molar-refractivity contribution in [3.63, 3.8) is 0 Å².